The van der Waals surface area contributed by atoms with Crippen LogP contribution in [-0.4, -0.2) is 37.5 Å². The molecule has 1 N–H and O–H groups in total. The molecule has 1 fully saturated rings. The van der Waals surface area contributed by atoms with Gasteiger partial charge in [0.1, 0.15) is 17.8 Å². The molecule has 0 radical (unpaired) electrons. The van der Waals surface area contributed by atoms with E-state index >= 15 is 0 Å². The minimum Gasteiger partial charge on any atom is -0.327 e. The maximum Gasteiger partial charge on any atom is 0.417 e. The van der Waals surface area contributed by atoms with Gasteiger partial charge < -0.3 is 4.90 Å². The lowest BCUT2D eigenvalue weighted by Crippen LogP contribution is -2.39. The summed E-state index contributed by atoms with van der Waals surface area (Å²) in [5.74, 6) is 0.171. The van der Waals surface area contributed by atoms with E-state index < -0.39 is 17.6 Å². The number of alkyl halides is 3. The average molecular weight is 325 g/mol. The number of carbonyl (C=O) groups excluding carboxylic acids is 1. The van der Waals surface area contributed by atoms with Crippen LogP contribution in [0.5, 0.6) is 0 Å². The minimum absolute atomic E-state index is 0.00980. The van der Waals surface area contributed by atoms with E-state index in [9.17, 15) is 18.0 Å². The van der Waals surface area contributed by atoms with Crippen molar-refractivity contribution in [3.05, 3.63) is 41.7 Å². The van der Waals surface area contributed by atoms with E-state index in [1.54, 1.807) is 4.90 Å². The van der Waals surface area contributed by atoms with Gasteiger partial charge in [-0.05, 0) is 31.4 Å². The summed E-state index contributed by atoms with van der Waals surface area (Å²) in [6, 6.07) is 1.72. The maximum atomic E-state index is 12.6. The molecule has 0 unspecified atom stereocenters. The number of aromatic nitrogens is 4. The summed E-state index contributed by atoms with van der Waals surface area (Å²) in [6.07, 6.45) is 0.0693. The molecule has 0 aromatic carbocycles. The van der Waals surface area contributed by atoms with Crippen LogP contribution in [0.3, 0.4) is 0 Å². The van der Waals surface area contributed by atoms with Gasteiger partial charge in [0.15, 0.2) is 0 Å². The zero-order chi connectivity index (χ0) is 16.4. The van der Waals surface area contributed by atoms with Crippen LogP contribution in [0.4, 0.5) is 13.2 Å². The molecule has 0 bridgehead atoms. The molecule has 1 aliphatic heterocycles. The van der Waals surface area contributed by atoms with Gasteiger partial charge in [0.2, 0.25) is 0 Å². The van der Waals surface area contributed by atoms with Gasteiger partial charge in [-0.2, -0.15) is 18.3 Å². The maximum absolute atomic E-state index is 12.6. The van der Waals surface area contributed by atoms with Crippen LogP contribution in [-0.2, 0) is 6.18 Å². The number of amides is 1. The van der Waals surface area contributed by atoms with Crippen LogP contribution < -0.4 is 0 Å². The Morgan fingerprint density at radius 1 is 1.26 bits per heavy atom. The van der Waals surface area contributed by atoms with E-state index in [1.807, 2.05) is 0 Å². The molecule has 23 heavy (non-hydrogen) atoms. The smallest absolute Gasteiger partial charge is 0.327 e. The second kappa shape index (κ2) is 5.98. The molecule has 1 amide bonds. The number of nitrogens with zero attached hydrogens (tertiary/aromatic N) is 4. The summed E-state index contributed by atoms with van der Waals surface area (Å²) in [5.41, 5.74) is -0.885. The molecule has 1 atom stereocenters. The van der Waals surface area contributed by atoms with Crippen molar-refractivity contribution in [2.24, 2.45) is 0 Å². The van der Waals surface area contributed by atoms with Crippen LogP contribution in [0.2, 0.25) is 0 Å². The molecule has 6 nitrogen and oxygen atoms in total. The normalized spacial score (nSPS) is 18.9. The molecule has 0 spiro atoms. The van der Waals surface area contributed by atoms with Crippen LogP contribution in [0, 0.1) is 0 Å². The first-order valence-electron chi connectivity index (χ1n) is 7.16. The van der Waals surface area contributed by atoms with Gasteiger partial charge in [0.05, 0.1) is 11.6 Å². The lowest BCUT2D eigenvalue weighted by atomic mass is 10.0. The largest absolute Gasteiger partial charge is 0.417 e. The van der Waals surface area contributed by atoms with E-state index in [0.717, 1.165) is 31.4 Å². The highest BCUT2D eigenvalue weighted by Gasteiger charge is 2.33. The fraction of sp³-hybridized carbons (Fsp3) is 0.429. The molecule has 1 aliphatic rings. The number of halogens is 3. The van der Waals surface area contributed by atoms with Crippen LogP contribution in [0.15, 0.2) is 24.7 Å². The number of hydrogen-bond acceptors (Lipinski definition) is 4. The highest BCUT2D eigenvalue weighted by molar-refractivity contribution is 5.92. The van der Waals surface area contributed by atoms with E-state index in [2.05, 4.69) is 20.2 Å². The first-order chi connectivity index (χ1) is 11.0. The molecule has 1 saturated heterocycles. The first-order valence-corrected chi connectivity index (χ1v) is 7.16. The SMILES string of the molecule is O=C(c1ccc(C(F)(F)F)cn1)N1CCCC[C@H]1c1ncn[nH]1. The molecule has 3 heterocycles. The Kier molecular flexibility index (Phi) is 4.01. The van der Waals surface area contributed by atoms with Crippen molar-refractivity contribution in [3.8, 4) is 0 Å². The van der Waals surface area contributed by atoms with Crippen molar-refractivity contribution >= 4 is 5.91 Å². The van der Waals surface area contributed by atoms with Gasteiger partial charge in [-0.1, -0.05) is 0 Å². The highest BCUT2D eigenvalue weighted by Crippen LogP contribution is 2.31. The van der Waals surface area contributed by atoms with Crippen molar-refractivity contribution < 1.29 is 18.0 Å². The van der Waals surface area contributed by atoms with E-state index in [0.29, 0.717) is 18.6 Å². The lowest BCUT2D eigenvalue weighted by Gasteiger charge is -2.34. The van der Waals surface area contributed by atoms with E-state index in [-0.39, 0.29) is 11.7 Å². The Labute approximate surface area is 129 Å². The first kappa shape index (κ1) is 15.4. The molecule has 2 aromatic rings. The number of hydrogen-bond donors (Lipinski definition) is 1. The molecule has 0 saturated carbocycles. The zero-order valence-corrected chi connectivity index (χ0v) is 12.0. The average Bonchev–Trinajstić information content (AvgIpc) is 3.08. The molecular weight excluding hydrogens is 311 g/mol. The third-order valence-corrected chi connectivity index (χ3v) is 3.82. The fourth-order valence-electron chi connectivity index (χ4n) is 2.67. The summed E-state index contributed by atoms with van der Waals surface area (Å²) in [7, 11) is 0. The molecule has 122 valence electrons. The van der Waals surface area contributed by atoms with Gasteiger partial charge in [0.25, 0.3) is 5.91 Å². The van der Waals surface area contributed by atoms with Crippen molar-refractivity contribution in [3.63, 3.8) is 0 Å². The topological polar surface area (TPSA) is 74.8 Å². The number of nitrogens with one attached hydrogen (secondary N) is 1. The predicted molar refractivity (Wildman–Crippen MR) is 73.3 cm³/mol. The van der Waals surface area contributed by atoms with Crippen LogP contribution in [0.25, 0.3) is 0 Å². The van der Waals surface area contributed by atoms with E-state index in [4.69, 9.17) is 0 Å². The Bertz CT molecular complexity index is 669. The minimum atomic E-state index is -4.47. The summed E-state index contributed by atoms with van der Waals surface area (Å²) >= 11 is 0. The Morgan fingerprint density at radius 2 is 2.09 bits per heavy atom. The summed E-state index contributed by atoms with van der Waals surface area (Å²) in [4.78, 5) is 21.9. The van der Waals surface area contributed by atoms with Crippen LogP contribution in [0.1, 0.15) is 47.2 Å². The third-order valence-electron chi connectivity index (χ3n) is 3.82. The van der Waals surface area contributed by atoms with Crippen molar-refractivity contribution in [1.82, 2.24) is 25.1 Å². The summed E-state index contributed by atoms with van der Waals surface area (Å²) in [5, 5.41) is 6.54. The van der Waals surface area contributed by atoms with Gasteiger partial charge in [-0.15, -0.1) is 0 Å². The monoisotopic (exact) mass is 325 g/mol. The third kappa shape index (κ3) is 3.17. The highest BCUT2D eigenvalue weighted by atomic mass is 19.4. The predicted octanol–water partition coefficient (Wildman–Crippen LogP) is 2.59. The van der Waals surface area contributed by atoms with Crippen LogP contribution >= 0.6 is 0 Å². The van der Waals surface area contributed by atoms with Gasteiger partial charge in [0, 0.05) is 12.7 Å². The number of carbonyl (C=O) groups is 1. The van der Waals surface area contributed by atoms with E-state index in [1.165, 1.54) is 6.33 Å². The Morgan fingerprint density at radius 3 is 2.70 bits per heavy atom. The van der Waals surface area contributed by atoms with Crippen molar-refractivity contribution in [1.29, 1.82) is 0 Å². The number of rotatable bonds is 2. The van der Waals surface area contributed by atoms with Crippen molar-refractivity contribution in [2.45, 2.75) is 31.5 Å². The summed E-state index contributed by atoms with van der Waals surface area (Å²) < 4.78 is 37.7. The second-order valence-corrected chi connectivity index (χ2v) is 5.31. The fourth-order valence-corrected chi connectivity index (χ4v) is 2.67. The quantitative estimate of drug-likeness (QED) is 0.921. The van der Waals surface area contributed by atoms with Gasteiger partial charge in [-0.3, -0.25) is 14.9 Å². The van der Waals surface area contributed by atoms with Gasteiger partial charge in [-0.25, -0.2) is 4.98 Å². The number of likely N-dealkylation sites (tertiary alicyclic amines) is 1. The van der Waals surface area contributed by atoms with Gasteiger partial charge >= 0.3 is 6.18 Å². The molecule has 2 aromatic heterocycles. The molecule has 0 aliphatic carbocycles. The van der Waals surface area contributed by atoms with Crippen molar-refractivity contribution in [2.75, 3.05) is 6.54 Å². The number of aromatic amines is 1. The molecular formula is C14H14F3N5O. The lowest BCUT2D eigenvalue weighted by molar-refractivity contribution is -0.137. The molecule has 9 heteroatoms. The second-order valence-electron chi connectivity index (χ2n) is 5.31. The Hall–Kier alpha value is -2.45. The number of pyridine rings is 1. The molecule has 3 rings (SSSR count). The number of H-pyrrole nitrogens is 1. The zero-order valence-electron chi connectivity index (χ0n) is 12.0. The Balaban J connectivity index is 1.83. The summed E-state index contributed by atoms with van der Waals surface area (Å²) in [6.45, 7) is 0.507. The standard InChI is InChI=1S/C14H14F3N5O/c15-14(16,17)9-4-5-10(18-7-9)13(23)22-6-2-1-3-11(22)12-19-8-20-21-12/h4-5,7-8,11H,1-3,6H2,(H,19,20,21)/t11-/m0/s1. The number of piperidine rings is 1.